The highest BCUT2D eigenvalue weighted by molar-refractivity contribution is 5.03. The van der Waals surface area contributed by atoms with Crippen LogP contribution in [0.5, 0.6) is 0 Å². The molecular weight excluding hydrogens is 160 g/mol. The summed E-state index contributed by atoms with van der Waals surface area (Å²) >= 11 is 0. The van der Waals surface area contributed by atoms with Crippen LogP contribution in [0, 0.1) is 11.8 Å². The smallest absolute Gasteiger partial charge is 0.0334 e. The van der Waals surface area contributed by atoms with Crippen LogP contribution in [0.15, 0.2) is 0 Å². The lowest BCUT2D eigenvalue weighted by Gasteiger charge is -2.52. The van der Waals surface area contributed by atoms with E-state index in [1.807, 2.05) is 0 Å². The number of hydrogen-bond donors (Lipinski definition) is 2. The fourth-order valence-corrected chi connectivity index (χ4v) is 3.49. The molecule has 2 heteroatoms. The van der Waals surface area contributed by atoms with Gasteiger partial charge < -0.3 is 11.1 Å². The zero-order valence-electron chi connectivity index (χ0n) is 8.68. The lowest BCUT2D eigenvalue weighted by molar-refractivity contribution is 0.0484. The lowest BCUT2D eigenvalue weighted by Crippen LogP contribution is -2.61. The van der Waals surface area contributed by atoms with Crippen LogP contribution in [0.1, 0.15) is 39.0 Å². The van der Waals surface area contributed by atoms with Crippen molar-refractivity contribution in [1.29, 1.82) is 0 Å². The van der Waals surface area contributed by atoms with E-state index in [1.165, 1.54) is 32.1 Å². The average molecular weight is 182 g/mol. The van der Waals surface area contributed by atoms with Gasteiger partial charge >= 0.3 is 0 Å². The van der Waals surface area contributed by atoms with Gasteiger partial charge in [-0.05, 0) is 37.6 Å². The standard InChI is InChI=1S/C11H22N2/c1-2-13-11(8-12)7-9-3-5-10(11)6-4-9/h9-10,13H,2-8,12H2,1H3. The highest BCUT2D eigenvalue weighted by atomic mass is 15.0. The summed E-state index contributed by atoms with van der Waals surface area (Å²) in [5.74, 6) is 1.83. The first kappa shape index (κ1) is 9.47. The predicted octanol–water partition coefficient (Wildman–Crippen LogP) is 1.50. The highest BCUT2D eigenvalue weighted by Gasteiger charge is 2.45. The molecule has 3 aliphatic carbocycles. The largest absolute Gasteiger partial charge is 0.329 e. The summed E-state index contributed by atoms with van der Waals surface area (Å²) in [5, 5.41) is 3.65. The van der Waals surface area contributed by atoms with Gasteiger partial charge in [-0.25, -0.2) is 0 Å². The second-order valence-electron chi connectivity index (χ2n) is 4.81. The Hall–Kier alpha value is -0.0800. The molecule has 0 aromatic heterocycles. The second kappa shape index (κ2) is 3.58. The van der Waals surface area contributed by atoms with E-state index >= 15 is 0 Å². The molecule has 0 saturated heterocycles. The molecule has 0 amide bonds. The van der Waals surface area contributed by atoms with Crippen molar-refractivity contribution < 1.29 is 0 Å². The first-order chi connectivity index (χ1) is 6.30. The van der Waals surface area contributed by atoms with Crippen LogP contribution < -0.4 is 11.1 Å². The molecule has 76 valence electrons. The SMILES string of the molecule is CCNC1(CN)CC2CCC1CC2. The maximum Gasteiger partial charge on any atom is 0.0334 e. The van der Waals surface area contributed by atoms with Gasteiger partial charge in [0.25, 0.3) is 0 Å². The highest BCUT2D eigenvalue weighted by Crippen LogP contribution is 2.46. The summed E-state index contributed by atoms with van der Waals surface area (Å²) in [6, 6.07) is 0. The van der Waals surface area contributed by atoms with Gasteiger partial charge in [-0.2, -0.15) is 0 Å². The fourth-order valence-electron chi connectivity index (χ4n) is 3.49. The maximum absolute atomic E-state index is 5.95. The Morgan fingerprint density at radius 1 is 1.31 bits per heavy atom. The van der Waals surface area contributed by atoms with Gasteiger partial charge in [0.15, 0.2) is 0 Å². The second-order valence-corrected chi connectivity index (χ2v) is 4.81. The van der Waals surface area contributed by atoms with E-state index in [9.17, 15) is 0 Å². The normalized spacial score (nSPS) is 43.8. The Bertz CT molecular complexity index is 173. The third-order valence-electron chi connectivity index (χ3n) is 4.17. The van der Waals surface area contributed by atoms with Crippen LogP contribution in [-0.2, 0) is 0 Å². The molecule has 0 spiro atoms. The summed E-state index contributed by atoms with van der Waals surface area (Å²) in [4.78, 5) is 0. The van der Waals surface area contributed by atoms with Gasteiger partial charge in [-0.3, -0.25) is 0 Å². The molecule has 0 radical (unpaired) electrons. The molecule has 3 rings (SSSR count). The van der Waals surface area contributed by atoms with Gasteiger partial charge in [0.05, 0.1) is 0 Å². The van der Waals surface area contributed by atoms with E-state index in [4.69, 9.17) is 5.73 Å². The van der Waals surface area contributed by atoms with Gasteiger partial charge in [0, 0.05) is 12.1 Å². The number of likely N-dealkylation sites (N-methyl/N-ethyl adjacent to an activating group) is 1. The van der Waals surface area contributed by atoms with Crippen molar-refractivity contribution in [3.05, 3.63) is 0 Å². The van der Waals surface area contributed by atoms with Crippen molar-refractivity contribution in [2.24, 2.45) is 17.6 Å². The van der Waals surface area contributed by atoms with Crippen molar-refractivity contribution in [2.75, 3.05) is 13.1 Å². The summed E-state index contributed by atoms with van der Waals surface area (Å²) in [5.41, 5.74) is 6.26. The Morgan fingerprint density at radius 3 is 2.38 bits per heavy atom. The molecule has 0 aromatic rings. The number of rotatable bonds is 3. The summed E-state index contributed by atoms with van der Waals surface area (Å²) in [6.45, 7) is 4.10. The van der Waals surface area contributed by atoms with E-state index in [-0.39, 0.29) is 0 Å². The zero-order valence-corrected chi connectivity index (χ0v) is 8.68. The molecule has 0 aliphatic heterocycles. The minimum Gasteiger partial charge on any atom is -0.329 e. The Morgan fingerprint density at radius 2 is 2.00 bits per heavy atom. The van der Waals surface area contributed by atoms with Gasteiger partial charge in [-0.15, -0.1) is 0 Å². The van der Waals surface area contributed by atoms with E-state index in [2.05, 4.69) is 12.2 Å². The van der Waals surface area contributed by atoms with Gasteiger partial charge in [0.2, 0.25) is 0 Å². The third kappa shape index (κ3) is 1.50. The van der Waals surface area contributed by atoms with E-state index in [0.717, 1.165) is 24.9 Å². The molecule has 0 heterocycles. The zero-order chi connectivity index (χ0) is 9.31. The minimum absolute atomic E-state index is 0.315. The third-order valence-corrected chi connectivity index (χ3v) is 4.17. The topological polar surface area (TPSA) is 38.0 Å². The quantitative estimate of drug-likeness (QED) is 0.694. The van der Waals surface area contributed by atoms with Crippen LogP contribution in [0.25, 0.3) is 0 Å². The van der Waals surface area contributed by atoms with Crippen molar-refractivity contribution in [2.45, 2.75) is 44.6 Å². The van der Waals surface area contributed by atoms with Crippen molar-refractivity contribution in [3.63, 3.8) is 0 Å². The molecule has 3 aliphatic rings. The monoisotopic (exact) mass is 182 g/mol. The van der Waals surface area contributed by atoms with Crippen LogP contribution in [-0.4, -0.2) is 18.6 Å². The fraction of sp³-hybridized carbons (Fsp3) is 1.00. The number of nitrogens with two attached hydrogens (primary N) is 1. The Labute approximate surface area is 81.3 Å². The molecular formula is C11H22N2. The number of hydrogen-bond acceptors (Lipinski definition) is 2. The molecule has 2 bridgehead atoms. The number of fused-ring (bicyclic) bond motifs is 3. The van der Waals surface area contributed by atoms with Crippen LogP contribution in [0.3, 0.4) is 0 Å². The van der Waals surface area contributed by atoms with Crippen LogP contribution >= 0.6 is 0 Å². The summed E-state index contributed by atoms with van der Waals surface area (Å²) in [7, 11) is 0. The van der Waals surface area contributed by atoms with Crippen molar-refractivity contribution in [3.8, 4) is 0 Å². The van der Waals surface area contributed by atoms with E-state index < -0.39 is 0 Å². The molecule has 0 aromatic carbocycles. The maximum atomic E-state index is 5.95. The van der Waals surface area contributed by atoms with Crippen LogP contribution in [0.2, 0.25) is 0 Å². The minimum atomic E-state index is 0.315. The predicted molar refractivity (Wildman–Crippen MR) is 55.5 cm³/mol. The summed E-state index contributed by atoms with van der Waals surface area (Å²) in [6.07, 6.45) is 7.07. The molecule has 1 atom stereocenters. The molecule has 3 fully saturated rings. The van der Waals surface area contributed by atoms with E-state index in [0.29, 0.717) is 5.54 Å². The van der Waals surface area contributed by atoms with Crippen molar-refractivity contribution >= 4 is 0 Å². The molecule has 3 saturated carbocycles. The molecule has 2 nitrogen and oxygen atoms in total. The number of nitrogens with one attached hydrogen (secondary N) is 1. The molecule has 3 N–H and O–H groups in total. The first-order valence-corrected chi connectivity index (χ1v) is 5.76. The Kier molecular flexibility index (Phi) is 2.61. The molecule has 1 unspecified atom stereocenters. The lowest BCUT2D eigenvalue weighted by atomic mass is 9.60. The van der Waals surface area contributed by atoms with Gasteiger partial charge in [0.1, 0.15) is 0 Å². The molecule has 13 heavy (non-hydrogen) atoms. The van der Waals surface area contributed by atoms with Crippen molar-refractivity contribution in [1.82, 2.24) is 5.32 Å². The summed E-state index contributed by atoms with van der Waals surface area (Å²) < 4.78 is 0. The van der Waals surface area contributed by atoms with Gasteiger partial charge in [-0.1, -0.05) is 19.8 Å². The van der Waals surface area contributed by atoms with Crippen LogP contribution in [0.4, 0.5) is 0 Å². The first-order valence-electron chi connectivity index (χ1n) is 5.76. The Balaban J connectivity index is 2.10. The average Bonchev–Trinajstić information content (AvgIpc) is 2.20. The van der Waals surface area contributed by atoms with E-state index in [1.54, 1.807) is 0 Å².